The van der Waals surface area contributed by atoms with Crippen LogP contribution in [-0.4, -0.2) is 21.3 Å². The zero-order valence-electron chi connectivity index (χ0n) is 10.7. The minimum atomic E-state index is -1.38. The van der Waals surface area contributed by atoms with Crippen molar-refractivity contribution in [2.75, 3.05) is 0 Å². The molecule has 110 valence electrons. The average Bonchev–Trinajstić information content (AvgIpc) is 2.47. The van der Waals surface area contributed by atoms with Gasteiger partial charge in [-0.1, -0.05) is 30.3 Å². The van der Waals surface area contributed by atoms with Crippen molar-refractivity contribution in [3.05, 3.63) is 64.1 Å². The van der Waals surface area contributed by atoms with Crippen molar-refractivity contribution in [1.82, 2.24) is 10.3 Å². The molecule has 0 radical (unpaired) electrons. The molecule has 0 spiro atoms. The Hall–Kier alpha value is -1.99. The second kappa shape index (κ2) is 6.64. The summed E-state index contributed by atoms with van der Waals surface area (Å²) in [4.78, 5) is 14.9. The summed E-state index contributed by atoms with van der Waals surface area (Å²) in [7, 11) is 0. The molecule has 0 bridgehead atoms. The highest BCUT2D eigenvalue weighted by molar-refractivity contribution is 9.10. The molecule has 2 aromatic rings. The standard InChI is InChI=1S/C14H12BrFN2O3/c15-10-7-6-9(16)11(17-10)12(18-14(20)21)13(19)8-4-2-1-3-5-8/h1-7,12-13,18-19H,(H,20,21)/t12-,13-/m1/s1. The van der Waals surface area contributed by atoms with Gasteiger partial charge in [0.25, 0.3) is 0 Å². The normalized spacial score (nSPS) is 13.5. The highest BCUT2D eigenvalue weighted by Crippen LogP contribution is 2.30. The Bertz CT molecular complexity index is 639. The molecule has 0 saturated carbocycles. The van der Waals surface area contributed by atoms with Gasteiger partial charge in [-0.05, 0) is 33.6 Å². The van der Waals surface area contributed by atoms with Crippen molar-refractivity contribution in [3.63, 3.8) is 0 Å². The number of aliphatic hydroxyl groups is 1. The molecule has 1 amide bonds. The van der Waals surface area contributed by atoms with E-state index in [1.165, 1.54) is 6.07 Å². The van der Waals surface area contributed by atoms with E-state index in [0.29, 0.717) is 10.2 Å². The Morgan fingerprint density at radius 1 is 1.24 bits per heavy atom. The van der Waals surface area contributed by atoms with Gasteiger partial charge in [-0.25, -0.2) is 14.2 Å². The van der Waals surface area contributed by atoms with E-state index in [9.17, 15) is 14.3 Å². The largest absolute Gasteiger partial charge is 0.465 e. The SMILES string of the molecule is O=C(O)N[C@H](c1nc(Br)ccc1F)[C@H](O)c1ccccc1. The highest BCUT2D eigenvalue weighted by Gasteiger charge is 2.28. The number of pyridine rings is 1. The van der Waals surface area contributed by atoms with Crippen LogP contribution in [0.25, 0.3) is 0 Å². The van der Waals surface area contributed by atoms with Gasteiger partial charge < -0.3 is 15.5 Å². The number of rotatable bonds is 4. The number of hydrogen-bond donors (Lipinski definition) is 3. The van der Waals surface area contributed by atoms with Gasteiger partial charge in [0.2, 0.25) is 0 Å². The van der Waals surface area contributed by atoms with Gasteiger partial charge in [0.1, 0.15) is 28.3 Å². The van der Waals surface area contributed by atoms with E-state index in [1.54, 1.807) is 30.3 Å². The Balaban J connectivity index is 2.43. The van der Waals surface area contributed by atoms with Crippen LogP contribution in [-0.2, 0) is 0 Å². The van der Waals surface area contributed by atoms with Crippen LogP contribution in [0.5, 0.6) is 0 Å². The molecule has 2 rings (SSSR count). The fourth-order valence-electron chi connectivity index (χ4n) is 1.92. The summed E-state index contributed by atoms with van der Waals surface area (Å²) in [5.41, 5.74) is 0.278. The van der Waals surface area contributed by atoms with Crippen molar-refractivity contribution in [2.24, 2.45) is 0 Å². The molecule has 5 nitrogen and oxygen atoms in total. The Labute approximate surface area is 128 Å². The quantitative estimate of drug-likeness (QED) is 0.737. The predicted molar refractivity (Wildman–Crippen MR) is 77.2 cm³/mol. The zero-order chi connectivity index (χ0) is 15.4. The highest BCUT2D eigenvalue weighted by atomic mass is 79.9. The van der Waals surface area contributed by atoms with Gasteiger partial charge in [0.05, 0.1) is 0 Å². The molecule has 0 fully saturated rings. The Kier molecular flexibility index (Phi) is 4.87. The van der Waals surface area contributed by atoms with E-state index in [2.05, 4.69) is 26.2 Å². The molecule has 7 heteroatoms. The molecule has 0 aliphatic carbocycles. The molecule has 3 N–H and O–H groups in total. The number of hydrogen-bond acceptors (Lipinski definition) is 3. The van der Waals surface area contributed by atoms with Gasteiger partial charge in [0, 0.05) is 0 Å². The number of aliphatic hydroxyl groups excluding tert-OH is 1. The topological polar surface area (TPSA) is 82.5 Å². The van der Waals surface area contributed by atoms with Crippen LogP contribution in [0.4, 0.5) is 9.18 Å². The van der Waals surface area contributed by atoms with Crippen LogP contribution in [0, 0.1) is 5.82 Å². The molecular weight excluding hydrogens is 343 g/mol. The smallest absolute Gasteiger partial charge is 0.405 e. The predicted octanol–water partition coefficient (Wildman–Crippen LogP) is 3.03. The van der Waals surface area contributed by atoms with Crippen molar-refractivity contribution in [1.29, 1.82) is 0 Å². The van der Waals surface area contributed by atoms with Crippen LogP contribution in [0.3, 0.4) is 0 Å². The lowest BCUT2D eigenvalue weighted by Crippen LogP contribution is -2.32. The fraction of sp³-hybridized carbons (Fsp3) is 0.143. The van der Waals surface area contributed by atoms with E-state index in [-0.39, 0.29) is 5.69 Å². The summed E-state index contributed by atoms with van der Waals surface area (Å²) in [6, 6.07) is 9.72. The monoisotopic (exact) mass is 354 g/mol. The maximum atomic E-state index is 13.9. The third kappa shape index (κ3) is 3.77. The van der Waals surface area contributed by atoms with E-state index < -0.39 is 24.1 Å². The number of carbonyl (C=O) groups is 1. The van der Waals surface area contributed by atoms with E-state index >= 15 is 0 Å². The maximum Gasteiger partial charge on any atom is 0.405 e. The summed E-state index contributed by atoms with van der Waals surface area (Å²) >= 11 is 3.10. The molecular formula is C14H12BrFN2O3. The number of nitrogens with zero attached hydrogens (tertiary/aromatic N) is 1. The first-order chi connectivity index (χ1) is 9.99. The molecule has 0 aliphatic heterocycles. The Morgan fingerprint density at radius 2 is 1.90 bits per heavy atom. The van der Waals surface area contributed by atoms with Gasteiger partial charge in [-0.3, -0.25) is 0 Å². The van der Waals surface area contributed by atoms with Crippen molar-refractivity contribution < 1.29 is 19.4 Å². The van der Waals surface area contributed by atoms with Crippen LogP contribution in [0.2, 0.25) is 0 Å². The molecule has 1 aromatic carbocycles. The fourth-order valence-corrected chi connectivity index (χ4v) is 2.25. The van der Waals surface area contributed by atoms with E-state index in [0.717, 1.165) is 6.07 Å². The van der Waals surface area contributed by atoms with Gasteiger partial charge in [-0.2, -0.15) is 0 Å². The van der Waals surface area contributed by atoms with Crippen LogP contribution >= 0.6 is 15.9 Å². The molecule has 1 aromatic heterocycles. The lowest BCUT2D eigenvalue weighted by atomic mass is 9.99. The first-order valence-electron chi connectivity index (χ1n) is 6.03. The van der Waals surface area contributed by atoms with Crippen LogP contribution < -0.4 is 5.32 Å². The maximum absolute atomic E-state index is 13.9. The van der Waals surface area contributed by atoms with Crippen molar-refractivity contribution >= 4 is 22.0 Å². The second-order valence-electron chi connectivity index (χ2n) is 4.28. The third-order valence-corrected chi connectivity index (χ3v) is 3.31. The number of carboxylic acid groups (broad SMARTS) is 1. The second-order valence-corrected chi connectivity index (χ2v) is 5.10. The summed E-state index contributed by atoms with van der Waals surface area (Å²) in [5, 5.41) is 21.4. The van der Waals surface area contributed by atoms with Crippen LogP contribution in [0.1, 0.15) is 23.4 Å². The minimum absolute atomic E-state index is 0.178. The van der Waals surface area contributed by atoms with E-state index in [4.69, 9.17) is 5.11 Å². The molecule has 0 aliphatic rings. The number of halogens is 2. The number of amides is 1. The molecule has 2 atom stereocenters. The molecule has 0 unspecified atom stereocenters. The summed E-state index contributed by atoms with van der Waals surface area (Å²) in [5.74, 6) is -0.702. The van der Waals surface area contributed by atoms with Crippen molar-refractivity contribution in [2.45, 2.75) is 12.1 Å². The lowest BCUT2D eigenvalue weighted by molar-refractivity contribution is 0.117. The number of benzene rings is 1. The minimum Gasteiger partial charge on any atom is -0.465 e. The van der Waals surface area contributed by atoms with Gasteiger partial charge >= 0.3 is 6.09 Å². The summed E-state index contributed by atoms with van der Waals surface area (Å²) in [6.45, 7) is 0. The van der Waals surface area contributed by atoms with E-state index in [1.807, 2.05) is 0 Å². The molecule has 1 heterocycles. The first-order valence-corrected chi connectivity index (χ1v) is 6.82. The van der Waals surface area contributed by atoms with Crippen LogP contribution in [0.15, 0.2) is 47.1 Å². The Morgan fingerprint density at radius 3 is 2.52 bits per heavy atom. The number of aromatic nitrogens is 1. The van der Waals surface area contributed by atoms with Gasteiger partial charge in [0.15, 0.2) is 0 Å². The lowest BCUT2D eigenvalue weighted by Gasteiger charge is -2.23. The molecule has 0 saturated heterocycles. The zero-order valence-corrected chi connectivity index (χ0v) is 12.3. The summed E-state index contributed by atoms with van der Waals surface area (Å²) < 4.78 is 14.3. The van der Waals surface area contributed by atoms with Crippen molar-refractivity contribution in [3.8, 4) is 0 Å². The van der Waals surface area contributed by atoms with Gasteiger partial charge in [-0.15, -0.1) is 0 Å². The first kappa shape index (κ1) is 15.4. The average molecular weight is 355 g/mol. The molecule has 21 heavy (non-hydrogen) atoms. The third-order valence-electron chi connectivity index (χ3n) is 2.87. The number of nitrogens with one attached hydrogen (secondary N) is 1. The summed E-state index contributed by atoms with van der Waals surface area (Å²) in [6.07, 6.45) is -2.64.